The summed E-state index contributed by atoms with van der Waals surface area (Å²) < 4.78 is 1.47. The van der Waals surface area contributed by atoms with E-state index in [0.29, 0.717) is 5.69 Å². The summed E-state index contributed by atoms with van der Waals surface area (Å²) >= 11 is 0. The number of hydrogen-bond donors (Lipinski definition) is 3. The molecule has 0 saturated heterocycles. The molecule has 0 aliphatic rings. The van der Waals surface area contributed by atoms with Crippen LogP contribution in [0.4, 0.5) is 10.5 Å². The Morgan fingerprint density at radius 1 is 0.767 bits per heavy atom. The van der Waals surface area contributed by atoms with Gasteiger partial charge in [-0.3, -0.25) is 4.79 Å². The third-order valence-corrected chi connectivity index (χ3v) is 4.64. The molecule has 1 aromatic heterocycles. The minimum atomic E-state index is -0.800. The lowest BCUT2D eigenvalue weighted by Gasteiger charge is -2.07. The van der Waals surface area contributed by atoms with Crippen LogP contribution in [0.25, 0.3) is 27.9 Å². The molecule has 7 nitrogen and oxygen atoms in total. The lowest BCUT2D eigenvalue weighted by Crippen LogP contribution is -2.22. The molecule has 5 N–H and O–H groups in total. The highest BCUT2D eigenvalue weighted by Crippen LogP contribution is 2.27. The molecular weight excluding hydrogens is 378 g/mol. The quantitative estimate of drug-likeness (QED) is 0.475. The standard InChI is InChI=1S/C23H19N5O2/c24-22(29)21-20(26-23(25)30)14-28(27-21)19-11-9-16(10-12-19)18-8-4-7-17(13-18)15-5-2-1-3-6-15/h1-14H,(H2,24,29)(H3,25,26,30). The van der Waals surface area contributed by atoms with Crippen LogP contribution in [0.15, 0.2) is 85.1 Å². The summed E-state index contributed by atoms with van der Waals surface area (Å²) in [5.74, 6) is -0.758. The maximum atomic E-state index is 11.6. The molecule has 7 heteroatoms. The number of nitrogens with one attached hydrogen (secondary N) is 1. The molecule has 4 rings (SSSR count). The summed E-state index contributed by atoms with van der Waals surface area (Å²) in [5.41, 5.74) is 15.7. The highest BCUT2D eigenvalue weighted by molar-refractivity contribution is 6.00. The highest BCUT2D eigenvalue weighted by atomic mass is 16.2. The number of primary amides is 2. The van der Waals surface area contributed by atoms with Crippen molar-refractivity contribution in [3.8, 4) is 27.9 Å². The van der Waals surface area contributed by atoms with E-state index in [2.05, 4.69) is 40.7 Å². The zero-order chi connectivity index (χ0) is 21.1. The molecule has 0 bridgehead atoms. The predicted molar refractivity (Wildman–Crippen MR) is 116 cm³/mol. The van der Waals surface area contributed by atoms with E-state index < -0.39 is 11.9 Å². The number of aromatic nitrogens is 2. The predicted octanol–water partition coefficient (Wildman–Crippen LogP) is 3.80. The lowest BCUT2D eigenvalue weighted by molar-refractivity contribution is 0.0996. The number of nitrogens with zero attached hydrogens (tertiary/aromatic N) is 2. The minimum Gasteiger partial charge on any atom is -0.364 e. The second kappa shape index (κ2) is 7.92. The zero-order valence-electron chi connectivity index (χ0n) is 15.9. The van der Waals surface area contributed by atoms with Gasteiger partial charge < -0.3 is 16.8 Å². The zero-order valence-corrected chi connectivity index (χ0v) is 15.9. The van der Waals surface area contributed by atoms with Crippen LogP contribution in [0.1, 0.15) is 10.5 Å². The summed E-state index contributed by atoms with van der Waals surface area (Å²) in [6.07, 6.45) is 1.50. The van der Waals surface area contributed by atoms with E-state index in [4.69, 9.17) is 11.5 Å². The van der Waals surface area contributed by atoms with Gasteiger partial charge >= 0.3 is 6.03 Å². The summed E-state index contributed by atoms with van der Waals surface area (Å²) in [6.45, 7) is 0. The fourth-order valence-corrected chi connectivity index (χ4v) is 3.23. The molecule has 1 heterocycles. The molecule has 0 fully saturated rings. The average Bonchev–Trinajstić information content (AvgIpc) is 3.18. The minimum absolute atomic E-state index is 0.0616. The third kappa shape index (κ3) is 3.90. The van der Waals surface area contributed by atoms with Gasteiger partial charge in [0, 0.05) is 0 Å². The molecular formula is C23H19N5O2. The van der Waals surface area contributed by atoms with Gasteiger partial charge in [0.15, 0.2) is 5.69 Å². The normalized spacial score (nSPS) is 10.5. The van der Waals surface area contributed by atoms with Gasteiger partial charge in [-0.15, -0.1) is 0 Å². The van der Waals surface area contributed by atoms with Crippen LogP contribution < -0.4 is 16.8 Å². The van der Waals surface area contributed by atoms with Gasteiger partial charge in [0.05, 0.1) is 17.6 Å². The second-order valence-corrected chi connectivity index (χ2v) is 6.68. The van der Waals surface area contributed by atoms with Gasteiger partial charge in [-0.1, -0.05) is 60.7 Å². The lowest BCUT2D eigenvalue weighted by atomic mass is 9.99. The van der Waals surface area contributed by atoms with Gasteiger partial charge in [0.2, 0.25) is 0 Å². The van der Waals surface area contributed by atoms with Crippen LogP contribution in [-0.2, 0) is 0 Å². The topological polar surface area (TPSA) is 116 Å². The second-order valence-electron chi connectivity index (χ2n) is 6.68. The number of rotatable bonds is 5. The van der Waals surface area contributed by atoms with Crippen LogP contribution in [0.3, 0.4) is 0 Å². The molecule has 0 atom stereocenters. The first-order chi connectivity index (χ1) is 14.5. The molecule has 3 aromatic carbocycles. The summed E-state index contributed by atoms with van der Waals surface area (Å²) in [6, 6.07) is 25.3. The third-order valence-electron chi connectivity index (χ3n) is 4.64. The first-order valence-corrected chi connectivity index (χ1v) is 9.23. The van der Waals surface area contributed by atoms with Crippen molar-refractivity contribution in [3.63, 3.8) is 0 Å². The van der Waals surface area contributed by atoms with Gasteiger partial charge in [-0.2, -0.15) is 5.10 Å². The van der Waals surface area contributed by atoms with E-state index in [1.54, 1.807) is 0 Å². The molecule has 3 amide bonds. The first-order valence-electron chi connectivity index (χ1n) is 9.23. The van der Waals surface area contributed by atoms with Crippen molar-refractivity contribution in [2.75, 3.05) is 5.32 Å². The van der Waals surface area contributed by atoms with Gasteiger partial charge in [-0.05, 0) is 40.5 Å². The van der Waals surface area contributed by atoms with Crippen molar-refractivity contribution in [2.24, 2.45) is 11.5 Å². The van der Waals surface area contributed by atoms with Crippen molar-refractivity contribution in [1.29, 1.82) is 0 Å². The Morgan fingerprint density at radius 2 is 1.37 bits per heavy atom. The monoisotopic (exact) mass is 397 g/mol. The number of urea groups is 1. The largest absolute Gasteiger partial charge is 0.364 e. The number of hydrogen-bond acceptors (Lipinski definition) is 3. The molecule has 0 spiro atoms. The first kappa shape index (κ1) is 18.9. The summed E-state index contributed by atoms with van der Waals surface area (Å²) in [7, 11) is 0. The van der Waals surface area contributed by atoms with Crippen LogP contribution >= 0.6 is 0 Å². The number of carbonyl (C=O) groups excluding carboxylic acids is 2. The molecule has 4 aromatic rings. The molecule has 0 radical (unpaired) electrons. The molecule has 30 heavy (non-hydrogen) atoms. The number of carbonyl (C=O) groups is 2. The van der Waals surface area contributed by atoms with E-state index in [9.17, 15) is 9.59 Å². The van der Waals surface area contributed by atoms with E-state index in [0.717, 1.165) is 22.3 Å². The van der Waals surface area contributed by atoms with E-state index >= 15 is 0 Å². The maximum absolute atomic E-state index is 11.6. The Kier molecular flexibility index (Phi) is 5.00. The average molecular weight is 397 g/mol. The maximum Gasteiger partial charge on any atom is 0.316 e. The van der Waals surface area contributed by atoms with Crippen molar-refractivity contribution in [3.05, 3.63) is 90.8 Å². The van der Waals surface area contributed by atoms with E-state index in [1.165, 1.54) is 10.9 Å². The molecule has 148 valence electrons. The molecule has 0 unspecified atom stereocenters. The van der Waals surface area contributed by atoms with Crippen molar-refractivity contribution >= 4 is 17.6 Å². The Hall–Kier alpha value is -4.39. The van der Waals surface area contributed by atoms with Crippen molar-refractivity contribution in [1.82, 2.24) is 9.78 Å². The molecule has 0 aliphatic carbocycles. The van der Waals surface area contributed by atoms with Crippen molar-refractivity contribution in [2.45, 2.75) is 0 Å². The fraction of sp³-hybridized carbons (Fsp3) is 0. The summed E-state index contributed by atoms with van der Waals surface area (Å²) in [4.78, 5) is 22.7. The van der Waals surface area contributed by atoms with Crippen LogP contribution in [-0.4, -0.2) is 21.7 Å². The SMILES string of the molecule is NC(=O)Nc1cn(-c2ccc(-c3cccc(-c4ccccc4)c3)cc2)nc1C(N)=O. The van der Waals surface area contributed by atoms with Crippen LogP contribution in [0.2, 0.25) is 0 Å². The van der Waals surface area contributed by atoms with Crippen LogP contribution in [0, 0.1) is 0 Å². The Labute approximate surface area is 172 Å². The van der Waals surface area contributed by atoms with Crippen LogP contribution in [0.5, 0.6) is 0 Å². The number of anilines is 1. The van der Waals surface area contributed by atoms with E-state index in [1.807, 2.05) is 48.5 Å². The molecule has 0 aliphatic heterocycles. The molecule has 0 saturated carbocycles. The van der Waals surface area contributed by atoms with E-state index in [-0.39, 0.29) is 11.4 Å². The fourth-order valence-electron chi connectivity index (χ4n) is 3.23. The van der Waals surface area contributed by atoms with Crippen molar-refractivity contribution < 1.29 is 9.59 Å². The number of nitrogens with two attached hydrogens (primary N) is 2. The van der Waals surface area contributed by atoms with Gasteiger partial charge in [0.1, 0.15) is 0 Å². The number of benzene rings is 3. The Morgan fingerprint density at radius 3 is 1.97 bits per heavy atom. The van der Waals surface area contributed by atoms with Gasteiger partial charge in [-0.25, -0.2) is 9.48 Å². The smallest absolute Gasteiger partial charge is 0.316 e. The summed E-state index contributed by atoms with van der Waals surface area (Å²) in [5, 5.41) is 6.52. The highest BCUT2D eigenvalue weighted by Gasteiger charge is 2.16. The number of amides is 3. The Balaban J connectivity index is 1.64. The van der Waals surface area contributed by atoms with Gasteiger partial charge in [0.25, 0.3) is 5.91 Å². The Bertz CT molecular complexity index is 1210.